The van der Waals surface area contributed by atoms with Crippen LogP contribution in [-0.4, -0.2) is 14.7 Å². The van der Waals surface area contributed by atoms with E-state index in [0.29, 0.717) is 0 Å². The molecule has 2 radical (unpaired) electrons. The molecule has 0 saturated heterocycles. The van der Waals surface area contributed by atoms with Gasteiger partial charge in [0.25, 0.3) is 0 Å². The van der Waals surface area contributed by atoms with Gasteiger partial charge in [0.15, 0.2) is 0 Å². The van der Waals surface area contributed by atoms with Crippen molar-refractivity contribution < 1.29 is 91.7 Å². The molecule has 0 spiro atoms. The van der Waals surface area contributed by atoms with Gasteiger partial charge in [0.05, 0.1) is 0 Å². The topological polar surface area (TPSA) is 77.8 Å². The Morgan fingerprint density at radius 3 is 1.14 bits per heavy atom. The molecular weight excluding hydrogens is 403 g/mol. The van der Waals surface area contributed by atoms with Crippen LogP contribution < -0.4 is 0 Å². The molecule has 0 aromatic carbocycles. The summed E-state index contributed by atoms with van der Waals surface area (Å²) in [5.74, 6) is 0. The van der Waals surface area contributed by atoms with E-state index >= 15 is 0 Å². The molecule has 0 bridgehead atoms. The predicted octanol–water partition coefficient (Wildman–Crippen LogP) is -0.929. The van der Waals surface area contributed by atoms with Gasteiger partial charge in [0, 0.05) is 72.5 Å². The van der Waals surface area contributed by atoms with Gasteiger partial charge in [-0.2, -0.15) is 0 Å². The van der Waals surface area contributed by atoms with E-state index in [2.05, 4.69) is 0 Å². The van der Waals surface area contributed by atoms with Gasteiger partial charge in [0.2, 0.25) is 0 Å². The molecule has 0 aliphatic carbocycles. The Morgan fingerprint density at radius 2 is 1.14 bits per heavy atom. The third-order valence-electron chi connectivity index (χ3n) is 0. The predicted molar refractivity (Wildman–Crippen MR) is 14.3 cm³/mol. The van der Waals surface area contributed by atoms with Crippen LogP contribution in [0.1, 0.15) is 0 Å². The van der Waals surface area contributed by atoms with E-state index in [0.717, 1.165) is 0 Å². The van der Waals surface area contributed by atoms with Crippen molar-refractivity contribution in [2.24, 2.45) is 0 Å². The fraction of sp³-hybridized carbons (Fsp3) is 0. The summed E-state index contributed by atoms with van der Waals surface area (Å²) in [5.41, 5.74) is 0. The Balaban J connectivity index is -0.0000000800. The van der Waals surface area contributed by atoms with Gasteiger partial charge in [0.1, 0.15) is 0 Å². The molecule has 7 heteroatoms. The zero-order valence-corrected chi connectivity index (χ0v) is 9.35. The summed E-state index contributed by atoms with van der Waals surface area (Å²) in [6.45, 7) is 0. The number of phosphoric acid groups is 1. The van der Waals surface area contributed by atoms with Crippen LogP contribution in [0.25, 0.3) is 0 Å². The Morgan fingerprint density at radius 1 is 1.14 bits per heavy atom. The van der Waals surface area contributed by atoms with E-state index < -0.39 is 7.82 Å². The normalized spacial score (nSPS) is 8.43. The van der Waals surface area contributed by atoms with Gasteiger partial charge in [-0.1, -0.05) is 0 Å². The smallest absolute Gasteiger partial charge is 0.303 e. The van der Waals surface area contributed by atoms with E-state index in [1.54, 1.807) is 0 Å². The molecule has 4 nitrogen and oxygen atoms in total. The first-order valence-corrected chi connectivity index (χ1v) is 2.35. The minimum absolute atomic E-state index is 0. The zero-order valence-electron chi connectivity index (χ0n) is 3.05. The number of hydrogen-bond acceptors (Lipinski definition) is 1. The zero-order chi connectivity index (χ0) is 4.50. The molecule has 7 heavy (non-hydrogen) atoms. The van der Waals surface area contributed by atoms with Crippen molar-refractivity contribution in [3.63, 3.8) is 0 Å². The summed E-state index contributed by atoms with van der Waals surface area (Å²) in [4.78, 5) is 21.6. The molecule has 3 N–H and O–H groups in total. The summed E-state index contributed by atoms with van der Waals surface area (Å²) in [5, 5.41) is 0. The molecule has 0 rings (SSSR count). The third-order valence-corrected chi connectivity index (χ3v) is 0. The third kappa shape index (κ3) is 56.6. The molecule has 0 amide bonds. The maximum atomic E-state index is 8.88. The van der Waals surface area contributed by atoms with Crippen molar-refractivity contribution >= 4 is 7.82 Å². The van der Waals surface area contributed by atoms with E-state index in [-0.39, 0.29) is 72.5 Å². The monoisotopic (exact) mass is 406 g/mol. The Hall–Kier alpha value is 2.54. The molecule has 0 atom stereocenters. The van der Waals surface area contributed by atoms with E-state index in [1.165, 1.54) is 0 Å². The minimum Gasteiger partial charge on any atom is -0.303 e. The van der Waals surface area contributed by atoms with E-state index in [9.17, 15) is 0 Å². The second kappa shape index (κ2) is 6.66. The average Bonchev–Trinajstić information content (AvgIpc) is 0.722. The average molecular weight is 406 g/mol. The number of hydrogen-bond donors (Lipinski definition) is 3. The van der Waals surface area contributed by atoms with Gasteiger partial charge in [-0.05, 0) is 0 Å². The fourth-order valence-corrected chi connectivity index (χ4v) is 0. The molecule has 0 aromatic rings. The Kier molecular flexibility index (Phi) is 15.5. The van der Waals surface area contributed by atoms with Gasteiger partial charge in [-0.25, -0.2) is 4.57 Å². The van der Waals surface area contributed by atoms with Crippen LogP contribution in [0.4, 0.5) is 0 Å². The van der Waals surface area contributed by atoms with E-state index in [1.807, 2.05) is 0 Å². The Bertz CT molecular complexity index is 57.8. The van der Waals surface area contributed by atoms with Crippen molar-refractivity contribution in [1.82, 2.24) is 0 Å². The van der Waals surface area contributed by atoms with E-state index in [4.69, 9.17) is 19.2 Å². The van der Waals surface area contributed by atoms with Crippen LogP contribution in [0.2, 0.25) is 0 Å². The first-order valence-electron chi connectivity index (χ1n) is 0.783. The van der Waals surface area contributed by atoms with Crippen LogP contribution in [0, 0.1) is 72.5 Å². The van der Waals surface area contributed by atoms with Crippen LogP contribution >= 0.6 is 7.82 Å². The largest absolute Gasteiger partial charge is 0.466 e. The molecule has 0 aromatic heterocycles. The fourth-order valence-electron chi connectivity index (χ4n) is 0. The van der Waals surface area contributed by atoms with Crippen molar-refractivity contribution in [3.05, 3.63) is 0 Å². The molecule has 0 heterocycles. The summed E-state index contributed by atoms with van der Waals surface area (Å²) in [7, 11) is -4.64. The van der Waals surface area contributed by atoms with Gasteiger partial charge in [-0.15, -0.1) is 0 Å². The molecular formula is H3LaO4PTm. The summed E-state index contributed by atoms with van der Waals surface area (Å²) in [6, 6.07) is 0. The van der Waals surface area contributed by atoms with Crippen molar-refractivity contribution in [2.45, 2.75) is 0 Å². The molecule has 48 valence electrons. The first-order chi connectivity index (χ1) is 2.00. The summed E-state index contributed by atoms with van der Waals surface area (Å²) in [6.07, 6.45) is 0. The molecule has 0 aliphatic heterocycles. The van der Waals surface area contributed by atoms with Crippen molar-refractivity contribution in [3.8, 4) is 0 Å². The Labute approximate surface area is 97.7 Å². The van der Waals surface area contributed by atoms with Gasteiger partial charge in [-0.3, -0.25) is 0 Å². The second-order valence-electron chi connectivity index (χ2n) is 0.513. The van der Waals surface area contributed by atoms with Crippen molar-refractivity contribution in [1.29, 1.82) is 0 Å². The van der Waals surface area contributed by atoms with Crippen LogP contribution in [0.15, 0.2) is 0 Å². The molecule has 0 fully saturated rings. The molecule has 0 saturated carbocycles. The van der Waals surface area contributed by atoms with Crippen LogP contribution in [0.3, 0.4) is 0 Å². The summed E-state index contributed by atoms with van der Waals surface area (Å²) < 4.78 is 8.88. The van der Waals surface area contributed by atoms with Crippen molar-refractivity contribution in [2.75, 3.05) is 0 Å². The standard InChI is InChI=1S/La.H3O4P.Tm/c;1-5(2,3)4;/h;(H3,1,2,3,4);. The van der Waals surface area contributed by atoms with Crippen LogP contribution in [0.5, 0.6) is 0 Å². The molecule has 0 aliphatic rings. The van der Waals surface area contributed by atoms with Gasteiger partial charge < -0.3 is 14.7 Å². The van der Waals surface area contributed by atoms with Crippen LogP contribution in [-0.2, 0) is 4.57 Å². The van der Waals surface area contributed by atoms with Gasteiger partial charge >= 0.3 is 7.82 Å². The second-order valence-corrected chi connectivity index (χ2v) is 1.54. The summed E-state index contributed by atoms with van der Waals surface area (Å²) >= 11 is 0. The SMILES string of the molecule is O=P(O)(O)O.[La].[Tm]. The first kappa shape index (κ1) is 16.3. The quantitative estimate of drug-likeness (QED) is 0.455. The maximum Gasteiger partial charge on any atom is 0.466 e. The molecule has 0 unspecified atom stereocenters. The minimum atomic E-state index is -4.64. The maximum absolute atomic E-state index is 8.88. The number of rotatable bonds is 0.